The van der Waals surface area contributed by atoms with E-state index >= 15 is 0 Å². The van der Waals surface area contributed by atoms with Gasteiger partial charge in [0.05, 0.1) is 0 Å². The number of likely N-dealkylation sites (tertiary alicyclic amines) is 1. The number of hydrogen-bond donors (Lipinski definition) is 1. The van der Waals surface area contributed by atoms with E-state index in [2.05, 4.69) is 5.16 Å². The Morgan fingerprint density at radius 2 is 2.00 bits per heavy atom. The quantitative estimate of drug-likeness (QED) is 0.918. The largest absolute Gasteiger partial charge is 0.480 e. The molecule has 2 heterocycles. The number of para-hydroxylation sites is 1. The van der Waals surface area contributed by atoms with Gasteiger partial charge in [-0.3, -0.25) is 9.69 Å². The van der Waals surface area contributed by atoms with Crippen LogP contribution in [0.3, 0.4) is 0 Å². The van der Waals surface area contributed by atoms with Crippen molar-refractivity contribution in [1.29, 1.82) is 0 Å². The second-order valence-electron chi connectivity index (χ2n) is 4.90. The maximum absolute atomic E-state index is 11.6. The molecule has 5 nitrogen and oxygen atoms in total. The number of carboxylic acid groups (broad SMARTS) is 1. The van der Waals surface area contributed by atoms with Crippen molar-refractivity contribution in [3.05, 3.63) is 30.0 Å². The van der Waals surface area contributed by atoms with E-state index < -0.39 is 12.0 Å². The number of hydrogen-bond acceptors (Lipinski definition) is 4. The third-order valence-electron chi connectivity index (χ3n) is 3.65. The lowest BCUT2D eigenvalue weighted by molar-refractivity contribution is -0.144. The van der Waals surface area contributed by atoms with E-state index in [0.717, 1.165) is 31.3 Å². The fraction of sp³-hybridized carbons (Fsp3) is 0.429. The Labute approximate surface area is 110 Å². The van der Waals surface area contributed by atoms with Crippen molar-refractivity contribution in [2.75, 3.05) is 13.1 Å². The molecule has 3 rings (SSSR count). The van der Waals surface area contributed by atoms with Crippen LogP contribution in [0.15, 0.2) is 28.8 Å². The van der Waals surface area contributed by atoms with Crippen LogP contribution in [0.5, 0.6) is 0 Å². The third kappa shape index (κ3) is 2.21. The third-order valence-corrected chi connectivity index (χ3v) is 3.65. The van der Waals surface area contributed by atoms with Crippen LogP contribution in [0.4, 0.5) is 0 Å². The van der Waals surface area contributed by atoms with Gasteiger partial charge in [-0.05, 0) is 38.1 Å². The Balaban J connectivity index is 2.01. The number of aromatic nitrogens is 1. The van der Waals surface area contributed by atoms with Crippen LogP contribution < -0.4 is 0 Å². The summed E-state index contributed by atoms with van der Waals surface area (Å²) >= 11 is 0. The normalized spacial score (nSPS) is 18.5. The van der Waals surface area contributed by atoms with E-state index in [4.69, 9.17) is 4.52 Å². The van der Waals surface area contributed by atoms with Gasteiger partial charge in [-0.2, -0.15) is 0 Å². The summed E-state index contributed by atoms with van der Waals surface area (Å²) in [5.41, 5.74) is 1.16. The van der Waals surface area contributed by atoms with Crippen LogP contribution in [-0.2, 0) is 4.79 Å². The lowest BCUT2D eigenvalue weighted by Gasteiger charge is -2.30. The average molecular weight is 260 g/mol. The number of rotatable bonds is 3. The molecule has 2 aromatic rings. The first kappa shape index (κ1) is 12.2. The molecule has 1 aliphatic heterocycles. The molecule has 100 valence electrons. The number of carboxylic acids is 1. The molecule has 0 saturated carbocycles. The lowest BCUT2D eigenvalue weighted by Crippen LogP contribution is -2.38. The summed E-state index contributed by atoms with van der Waals surface area (Å²) in [5, 5.41) is 14.3. The van der Waals surface area contributed by atoms with Crippen molar-refractivity contribution >= 4 is 16.9 Å². The predicted octanol–water partition coefficient (Wildman–Crippen LogP) is 2.44. The monoisotopic (exact) mass is 260 g/mol. The molecule has 19 heavy (non-hydrogen) atoms. The maximum Gasteiger partial charge on any atom is 0.327 e. The highest BCUT2D eigenvalue weighted by atomic mass is 16.5. The van der Waals surface area contributed by atoms with Gasteiger partial charge in [0, 0.05) is 5.39 Å². The molecular weight excluding hydrogens is 244 g/mol. The van der Waals surface area contributed by atoms with E-state index in [0.29, 0.717) is 11.3 Å². The molecule has 5 heteroatoms. The van der Waals surface area contributed by atoms with Crippen molar-refractivity contribution in [3.63, 3.8) is 0 Å². The Morgan fingerprint density at radius 3 is 2.74 bits per heavy atom. The molecule has 1 aromatic carbocycles. The number of carbonyl (C=O) groups is 1. The highest BCUT2D eigenvalue weighted by Crippen LogP contribution is 2.29. The molecule has 0 aliphatic carbocycles. The summed E-state index contributed by atoms with van der Waals surface area (Å²) in [6, 6.07) is 6.69. The van der Waals surface area contributed by atoms with E-state index in [1.54, 1.807) is 6.07 Å². The van der Waals surface area contributed by atoms with Crippen molar-refractivity contribution in [1.82, 2.24) is 10.1 Å². The lowest BCUT2D eigenvalue weighted by atomic mass is 10.0. The molecule has 1 aromatic heterocycles. The molecule has 1 fully saturated rings. The van der Waals surface area contributed by atoms with Crippen LogP contribution in [0.2, 0.25) is 0 Å². The highest BCUT2D eigenvalue weighted by molar-refractivity contribution is 5.86. The van der Waals surface area contributed by atoms with Gasteiger partial charge >= 0.3 is 5.97 Å². The summed E-state index contributed by atoms with van der Waals surface area (Å²) in [7, 11) is 0. The van der Waals surface area contributed by atoms with Gasteiger partial charge in [0.25, 0.3) is 0 Å². The first-order valence-corrected chi connectivity index (χ1v) is 6.58. The first-order chi connectivity index (χ1) is 9.27. The van der Waals surface area contributed by atoms with E-state index in [1.807, 2.05) is 23.1 Å². The molecular formula is C14H16N2O3. The standard InChI is InChI=1S/C14H16N2O3/c17-14(18)13(16-8-4-1-5-9-16)12-10-6-2-3-7-11(10)19-15-12/h2-3,6-7,13H,1,4-5,8-9H2,(H,17,18). The Hall–Kier alpha value is -1.88. The average Bonchev–Trinajstić information content (AvgIpc) is 2.84. The van der Waals surface area contributed by atoms with Gasteiger partial charge in [-0.15, -0.1) is 0 Å². The van der Waals surface area contributed by atoms with Gasteiger partial charge in [-0.1, -0.05) is 23.7 Å². The van der Waals surface area contributed by atoms with E-state index in [9.17, 15) is 9.90 Å². The summed E-state index contributed by atoms with van der Waals surface area (Å²) < 4.78 is 5.23. The SMILES string of the molecule is O=C(O)C(c1noc2ccccc12)N1CCCCC1. The second-order valence-corrected chi connectivity index (χ2v) is 4.90. The molecule has 0 bridgehead atoms. The summed E-state index contributed by atoms with van der Waals surface area (Å²) in [6.07, 6.45) is 3.25. The Kier molecular flexibility index (Phi) is 3.21. The maximum atomic E-state index is 11.6. The van der Waals surface area contributed by atoms with Gasteiger partial charge in [-0.25, -0.2) is 0 Å². The number of benzene rings is 1. The van der Waals surface area contributed by atoms with E-state index in [1.165, 1.54) is 6.42 Å². The highest BCUT2D eigenvalue weighted by Gasteiger charge is 2.32. The van der Waals surface area contributed by atoms with Crippen LogP contribution in [0, 0.1) is 0 Å². The second kappa shape index (κ2) is 5.01. The zero-order chi connectivity index (χ0) is 13.2. The summed E-state index contributed by atoms with van der Waals surface area (Å²) in [4.78, 5) is 13.6. The fourth-order valence-corrected chi connectivity index (χ4v) is 2.73. The molecule has 0 radical (unpaired) electrons. The first-order valence-electron chi connectivity index (χ1n) is 6.58. The van der Waals surface area contributed by atoms with Crippen LogP contribution in [0.1, 0.15) is 31.0 Å². The fourth-order valence-electron chi connectivity index (χ4n) is 2.73. The van der Waals surface area contributed by atoms with E-state index in [-0.39, 0.29) is 0 Å². The zero-order valence-corrected chi connectivity index (χ0v) is 10.6. The zero-order valence-electron chi connectivity index (χ0n) is 10.6. The predicted molar refractivity (Wildman–Crippen MR) is 69.8 cm³/mol. The topological polar surface area (TPSA) is 66.6 Å². The Morgan fingerprint density at radius 1 is 1.26 bits per heavy atom. The molecule has 0 spiro atoms. The molecule has 1 saturated heterocycles. The minimum absolute atomic E-state index is 0.519. The molecule has 1 aliphatic rings. The van der Waals surface area contributed by atoms with Crippen molar-refractivity contribution in [2.24, 2.45) is 0 Å². The number of piperidine rings is 1. The van der Waals surface area contributed by atoms with Crippen LogP contribution >= 0.6 is 0 Å². The summed E-state index contributed by atoms with van der Waals surface area (Å²) in [6.45, 7) is 1.61. The van der Waals surface area contributed by atoms with Gasteiger partial charge in [0.1, 0.15) is 5.69 Å². The Bertz CT molecular complexity index is 587. The van der Waals surface area contributed by atoms with Gasteiger partial charge in [0.15, 0.2) is 11.6 Å². The minimum atomic E-state index is -0.860. The number of aliphatic carboxylic acids is 1. The van der Waals surface area contributed by atoms with Crippen molar-refractivity contribution in [3.8, 4) is 0 Å². The van der Waals surface area contributed by atoms with Crippen LogP contribution in [-0.4, -0.2) is 34.2 Å². The molecule has 1 atom stereocenters. The van der Waals surface area contributed by atoms with Gasteiger partial charge in [0.2, 0.25) is 0 Å². The smallest absolute Gasteiger partial charge is 0.327 e. The minimum Gasteiger partial charge on any atom is -0.480 e. The molecule has 0 amide bonds. The molecule has 1 unspecified atom stereocenters. The van der Waals surface area contributed by atoms with Crippen molar-refractivity contribution in [2.45, 2.75) is 25.3 Å². The molecule has 1 N–H and O–H groups in total. The number of fused-ring (bicyclic) bond motifs is 1. The van der Waals surface area contributed by atoms with Crippen LogP contribution in [0.25, 0.3) is 11.0 Å². The van der Waals surface area contributed by atoms with Crippen molar-refractivity contribution < 1.29 is 14.4 Å². The number of nitrogens with zero attached hydrogens (tertiary/aromatic N) is 2. The summed E-state index contributed by atoms with van der Waals surface area (Å²) in [5.74, 6) is -0.860. The van der Waals surface area contributed by atoms with Gasteiger partial charge < -0.3 is 9.63 Å².